The lowest BCUT2D eigenvalue weighted by atomic mass is 10.1. The van der Waals surface area contributed by atoms with Crippen molar-refractivity contribution < 1.29 is 14.4 Å². The summed E-state index contributed by atoms with van der Waals surface area (Å²) in [5.41, 5.74) is 0.549. The molecule has 0 aliphatic carbocycles. The standard InChI is InChI=1S/C13H13Cl2N3O3/c14-9-2-1-3-10(15)8(9)6-11(19)16-4-5-18-12(20)7-17-13(18)21/h1-3H,4-7H2,(H,16,19)(H,17,21). The van der Waals surface area contributed by atoms with Crippen molar-refractivity contribution >= 4 is 41.0 Å². The van der Waals surface area contributed by atoms with E-state index < -0.39 is 6.03 Å². The summed E-state index contributed by atoms with van der Waals surface area (Å²) in [7, 11) is 0. The molecule has 8 heteroatoms. The van der Waals surface area contributed by atoms with Crippen LogP contribution in [-0.2, 0) is 16.0 Å². The molecule has 112 valence electrons. The predicted octanol–water partition coefficient (Wildman–Crippen LogP) is 1.20. The first-order chi connectivity index (χ1) is 9.99. The molecular formula is C13H13Cl2N3O3. The number of amides is 4. The number of halogens is 2. The van der Waals surface area contributed by atoms with Gasteiger partial charge < -0.3 is 10.6 Å². The fourth-order valence-corrected chi connectivity index (χ4v) is 2.44. The first-order valence-corrected chi connectivity index (χ1v) is 7.02. The van der Waals surface area contributed by atoms with Crippen molar-refractivity contribution in [2.45, 2.75) is 6.42 Å². The van der Waals surface area contributed by atoms with Gasteiger partial charge in [0.2, 0.25) is 11.8 Å². The van der Waals surface area contributed by atoms with Gasteiger partial charge in [-0.3, -0.25) is 14.5 Å². The Morgan fingerprint density at radius 2 is 1.95 bits per heavy atom. The van der Waals surface area contributed by atoms with Crippen LogP contribution in [0.25, 0.3) is 0 Å². The summed E-state index contributed by atoms with van der Waals surface area (Å²) >= 11 is 12.0. The maximum absolute atomic E-state index is 11.8. The quantitative estimate of drug-likeness (QED) is 0.797. The summed E-state index contributed by atoms with van der Waals surface area (Å²) in [6.07, 6.45) is 0.0403. The number of carbonyl (C=O) groups excluding carboxylic acids is 3. The first-order valence-electron chi connectivity index (χ1n) is 6.27. The number of hydrogen-bond acceptors (Lipinski definition) is 3. The summed E-state index contributed by atoms with van der Waals surface area (Å²) in [6, 6.07) is 4.57. The highest BCUT2D eigenvalue weighted by Gasteiger charge is 2.27. The summed E-state index contributed by atoms with van der Waals surface area (Å²) < 4.78 is 0. The lowest BCUT2D eigenvalue weighted by Gasteiger charge is -2.13. The molecule has 6 nitrogen and oxygen atoms in total. The predicted molar refractivity (Wildman–Crippen MR) is 78.3 cm³/mol. The summed E-state index contributed by atoms with van der Waals surface area (Å²) in [5.74, 6) is -0.583. The minimum absolute atomic E-state index is 0.00200. The van der Waals surface area contributed by atoms with E-state index in [0.717, 1.165) is 4.90 Å². The van der Waals surface area contributed by atoms with Crippen molar-refractivity contribution in [2.24, 2.45) is 0 Å². The summed E-state index contributed by atoms with van der Waals surface area (Å²) in [4.78, 5) is 35.5. The number of imide groups is 1. The molecule has 1 aromatic carbocycles. The van der Waals surface area contributed by atoms with E-state index >= 15 is 0 Å². The van der Waals surface area contributed by atoms with Gasteiger partial charge in [0.1, 0.15) is 0 Å². The summed E-state index contributed by atoms with van der Waals surface area (Å²) in [6.45, 7) is 0.314. The number of nitrogens with zero attached hydrogens (tertiary/aromatic N) is 1. The average molecular weight is 330 g/mol. The van der Waals surface area contributed by atoms with Crippen molar-refractivity contribution in [3.8, 4) is 0 Å². The molecule has 0 radical (unpaired) electrons. The topological polar surface area (TPSA) is 78.5 Å². The third-order valence-corrected chi connectivity index (χ3v) is 3.70. The molecule has 21 heavy (non-hydrogen) atoms. The number of rotatable bonds is 5. The number of hydrogen-bond donors (Lipinski definition) is 2. The fourth-order valence-electron chi connectivity index (χ4n) is 1.91. The normalized spacial score (nSPS) is 14.3. The maximum atomic E-state index is 11.8. The van der Waals surface area contributed by atoms with Crippen LogP contribution >= 0.6 is 23.2 Å². The van der Waals surface area contributed by atoms with Crippen molar-refractivity contribution in [1.82, 2.24) is 15.5 Å². The van der Waals surface area contributed by atoms with Gasteiger partial charge in [0.05, 0.1) is 13.0 Å². The highest BCUT2D eigenvalue weighted by Crippen LogP contribution is 2.24. The molecule has 4 amide bonds. The van der Waals surface area contributed by atoms with Gasteiger partial charge in [0, 0.05) is 23.1 Å². The summed E-state index contributed by atoms with van der Waals surface area (Å²) in [5, 5.41) is 5.87. The zero-order chi connectivity index (χ0) is 15.4. The second-order valence-electron chi connectivity index (χ2n) is 4.43. The first kappa shape index (κ1) is 15.6. The van der Waals surface area contributed by atoms with Gasteiger partial charge in [-0.1, -0.05) is 29.3 Å². The largest absolute Gasteiger partial charge is 0.354 e. The third-order valence-electron chi connectivity index (χ3n) is 2.99. The Bertz CT molecular complexity index is 556. The van der Waals surface area contributed by atoms with Gasteiger partial charge in [-0.15, -0.1) is 0 Å². The Labute approximate surface area is 131 Å². The van der Waals surface area contributed by atoms with Crippen LogP contribution in [0.1, 0.15) is 5.56 Å². The molecule has 1 fully saturated rings. The Kier molecular flexibility index (Phi) is 5.03. The molecule has 0 unspecified atom stereocenters. The molecule has 0 bridgehead atoms. The van der Waals surface area contributed by atoms with Crippen LogP contribution < -0.4 is 10.6 Å². The minimum Gasteiger partial charge on any atom is -0.354 e. The molecule has 2 N–H and O–H groups in total. The fraction of sp³-hybridized carbons (Fsp3) is 0.308. The SMILES string of the molecule is O=C(Cc1c(Cl)cccc1Cl)NCCN1C(=O)CNC1=O. The number of carbonyl (C=O) groups is 3. The van der Waals surface area contributed by atoms with Crippen molar-refractivity contribution in [1.29, 1.82) is 0 Å². The maximum Gasteiger partial charge on any atom is 0.324 e. The number of nitrogens with one attached hydrogen (secondary N) is 2. The Hall–Kier alpha value is -1.79. The van der Waals surface area contributed by atoms with E-state index in [0.29, 0.717) is 15.6 Å². The van der Waals surface area contributed by atoms with Gasteiger partial charge in [0.25, 0.3) is 0 Å². The van der Waals surface area contributed by atoms with Gasteiger partial charge in [-0.25, -0.2) is 4.79 Å². The van der Waals surface area contributed by atoms with E-state index in [1.807, 2.05) is 0 Å². The molecule has 1 saturated heterocycles. The van der Waals surface area contributed by atoms with Crippen molar-refractivity contribution in [2.75, 3.05) is 19.6 Å². The van der Waals surface area contributed by atoms with E-state index in [2.05, 4.69) is 10.6 Å². The van der Waals surface area contributed by atoms with Gasteiger partial charge in [0.15, 0.2) is 0 Å². The lowest BCUT2D eigenvalue weighted by Crippen LogP contribution is -2.39. The van der Waals surface area contributed by atoms with E-state index in [-0.39, 0.29) is 37.9 Å². The smallest absolute Gasteiger partial charge is 0.324 e. The average Bonchev–Trinajstić information content (AvgIpc) is 2.75. The number of urea groups is 1. The lowest BCUT2D eigenvalue weighted by molar-refractivity contribution is -0.125. The van der Waals surface area contributed by atoms with Crippen LogP contribution in [0.5, 0.6) is 0 Å². The highest BCUT2D eigenvalue weighted by atomic mass is 35.5. The molecule has 0 spiro atoms. The Balaban J connectivity index is 1.83. The van der Waals surface area contributed by atoms with Crippen LogP contribution in [0, 0.1) is 0 Å². The third kappa shape index (κ3) is 3.86. The van der Waals surface area contributed by atoms with Gasteiger partial charge >= 0.3 is 6.03 Å². The molecule has 1 aliphatic rings. The molecule has 0 saturated carbocycles. The Morgan fingerprint density at radius 3 is 2.52 bits per heavy atom. The molecule has 2 rings (SSSR count). The van der Waals surface area contributed by atoms with Crippen LogP contribution in [0.2, 0.25) is 10.0 Å². The number of benzene rings is 1. The second-order valence-corrected chi connectivity index (χ2v) is 5.25. The molecular weight excluding hydrogens is 317 g/mol. The molecule has 0 aromatic heterocycles. The van der Waals surface area contributed by atoms with Crippen molar-refractivity contribution in [3.05, 3.63) is 33.8 Å². The van der Waals surface area contributed by atoms with Crippen molar-refractivity contribution in [3.63, 3.8) is 0 Å². The van der Waals surface area contributed by atoms with E-state index in [4.69, 9.17) is 23.2 Å². The van der Waals surface area contributed by atoms with Crippen LogP contribution in [0.3, 0.4) is 0 Å². The van der Waals surface area contributed by atoms with Crippen LogP contribution in [0.4, 0.5) is 4.79 Å². The van der Waals surface area contributed by atoms with E-state index in [9.17, 15) is 14.4 Å². The van der Waals surface area contributed by atoms with E-state index in [1.165, 1.54) is 0 Å². The molecule has 1 aromatic rings. The molecule has 1 heterocycles. The highest BCUT2D eigenvalue weighted by molar-refractivity contribution is 6.36. The zero-order valence-corrected chi connectivity index (χ0v) is 12.5. The van der Waals surface area contributed by atoms with Gasteiger partial charge in [-0.2, -0.15) is 0 Å². The minimum atomic E-state index is -0.441. The second kappa shape index (κ2) is 6.78. The van der Waals surface area contributed by atoms with Crippen LogP contribution in [-0.4, -0.2) is 42.4 Å². The monoisotopic (exact) mass is 329 g/mol. The zero-order valence-electron chi connectivity index (χ0n) is 11.0. The van der Waals surface area contributed by atoms with Gasteiger partial charge in [-0.05, 0) is 17.7 Å². The van der Waals surface area contributed by atoms with E-state index in [1.54, 1.807) is 18.2 Å². The Morgan fingerprint density at radius 1 is 1.29 bits per heavy atom. The van der Waals surface area contributed by atoms with Crippen LogP contribution in [0.15, 0.2) is 18.2 Å². The molecule has 1 aliphatic heterocycles. The molecule has 0 atom stereocenters.